The number of nitrogens with one attached hydrogen (secondary N) is 1. The predicted molar refractivity (Wildman–Crippen MR) is 43.3 cm³/mol. The number of aryl methyl sites for hydroxylation is 1. The Morgan fingerprint density at radius 2 is 2.21 bits per heavy atom. The molecule has 0 saturated carbocycles. The fraction of sp³-hybridized carbons (Fsp3) is 0.375. The van der Waals surface area contributed by atoms with E-state index in [1.54, 1.807) is 35.4 Å². The Bertz CT molecular complexity index is 330. The van der Waals surface area contributed by atoms with Gasteiger partial charge in [-0.15, -0.1) is 0 Å². The zero-order valence-corrected chi connectivity index (χ0v) is 7.43. The van der Waals surface area contributed by atoms with Crippen molar-refractivity contribution in [3.05, 3.63) is 24.0 Å². The first-order chi connectivity index (χ1) is 6.39. The van der Waals surface area contributed by atoms with Gasteiger partial charge in [0.05, 0.1) is 0 Å². The third-order valence-corrected chi connectivity index (χ3v) is 1.60. The lowest BCUT2D eigenvalue weighted by molar-refractivity contribution is -0.173. The van der Waals surface area contributed by atoms with Crippen LogP contribution in [0.15, 0.2) is 18.5 Å². The Kier molecular flexibility index (Phi) is 2.83. The third kappa shape index (κ3) is 2.79. The van der Waals surface area contributed by atoms with Gasteiger partial charge in [0.25, 0.3) is 0 Å². The highest BCUT2D eigenvalue weighted by atomic mass is 19.4. The summed E-state index contributed by atoms with van der Waals surface area (Å²) in [4.78, 5) is 10.4. The van der Waals surface area contributed by atoms with Gasteiger partial charge in [-0.05, 0) is 11.6 Å². The van der Waals surface area contributed by atoms with Gasteiger partial charge in [-0.2, -0.15) is 13.2 Å². The monoisotopic (exact) mass is 206 g/mol. The quantitative estimate of drug-likeness (QED) is 0.775. The molecule has 0 unspecified atom stereocenters. The van der Waals surface area contributed by atoms with E-state index < -0.39 is 12.1 Å². The van der Waals surface area contributed by atoms with Crippen LogP contribution in [0.2, 0.25) is 0 Å². The van der Waals surface area contributed by atoms with Crippen molar-refractivity contribution in [3.63, 3.8) is 0 Å². The van der Waals surface area contributed by atoms with Gasteiger partial charge in [0.1, 0.15) is 0 Å². The Labute approximate surface area is 78.5 Å². The second-order valence-electron chi connectivity index (χ2n) is 2.87. The van der Waals surface area contributed by atoms with Gasteiger partial charge in [-0.25, -0.2) is 0 Å². The van der Waals surface area contributed by atoms with E-state index in [0.717, 1.165) is 0 Å². The number of carbonyl (C=O) groups excluding carboxylic acids is 1. The Hall–Kier alpha value is -1.46. The summed E-state index contributed by atoms with van der Waals surface area (Å²) in [6.07, 6.45) is -1.49. The van der Waals surface area contributed by atoms with Crippen molar-refractivity contribution in [2.45, 2.75) is 12.7 Å². The molecule has 14 heavy (non-hydrogen) atoms. The van der Waals surface area contributed by atoms with Gasteiger partial charge in [0.2, 0.25) is 0 Å². The molecular weight excluding hydrogens is 197 g/mol. The van der Waals surface area contributed by atoms with Crippen LogP contribution in [0.4, 0.5) is 13.2 Å². The van der Waals surface area contributed by atoms with Gasteiger partial charge in [-0.1, -0.05) is 0 Å². The average Bonchev–Trinajstić information content (AvgIpc) is 2.45. The van der Waals surface area contributed by atoms with E-state index in [9.17, 15) is 18.0 Å². The number of hydrogen-bond donors (Lipinski definition) is 1. The highest BCUT2D eigenvalue weighted by Gasteiger charge is 2.38. The maximum Gasteiger partial charge on any atom is 0.471 e. The molecule has 1 amide bonds. The van der Waals surface area contributed by atoms with Crippen molar-refractivity contribution in [2.75, 3.05) is 0 Å². The summed E-state index contributed by atoms with van der Waals surface area (Å²) >= 11 is 0. The first kappa shape index (κ1) is 10.6. The predicted octanol–water partition coefficient (Wildman–Crippen LogP) is 1.20. The van der Waals surface area contributed by atoms with Crippen LogP contribution in [0.1, 0.15) is 5.56 Å². The molecule has 1 N–H and O–H groups in total. The minimum atomic E-state index is -4.81. The summed E-state index contributed by atoms with van der Waals surface area (Å²) in [5, 5.41) is 1.77. The summed E-state index contributed by atoms with van der Waals surface area (Å²) in [7, 11) is 1.75. The van der Waals surface area contributed by atoms with E-state index in [4.69, 9.17) is 0 Å². The number of carbonyl (C=O) groups is 1. The number of nitrogens with zero attached hydrogens (tertiary/aromatic N) is 1. The van der Waals surface area contributed by atoms with Gasteiger partial charge < -0.3 is 9.88 Å². The number of hydrogen-bond acceptors (Lipinski definition) is 1. The van der Waals surface area contributed by atoms with Gasteiger partial charge in [0, 0.05) is 26.0 Å². The zero-order valence-electron chi connectivity index (χ0n) is 7.43. The molecule has 0 fully saturated rings. The summed E-state index contributed by atoms with van der Waals surface area (Å²) in [5.41, 5.74) is 0.630. The minimum absolute atomic E-state index is 0.112. The molecule has 0 spiro atoms. The van der Waals surface area contributed by atoms with E-state index in [1.165, 1.54) is 0 Å². The molecule has 6 heteroatoms. The molecule has 0 aliphatic carbocycles. The number of rotatable bonds is 2. The molecule has 0 atom stereocenters. The summed E-state index contributed by atoms with van der Waals surface area (Å²) < 4.78 is 36.9. The largest absolute Gasteiger partial charge is 0.471 e. The standard InChI is InChI=1S/C8H9F3N2O/c1-13-3-2-6(5-13)4-12-7(14)8(9,10)11/h2-3,5H,4H2,1H3,(H,12,14). The molecule has 1 aromatic rings. The van der Waals surface area contributed by atoms with Crippen LogP contribution in [0, 0.1) is 0 Å². The molecule has 0 saturated heterocycles. The van der Waals surface area contributed by atoms with E-state index in [1.807, 2.05) is 0 Å². The Balaban J connectivity index is 2.46. The molecule has 0 aliphatic rings. The summed E-state index contributed by atoms with van der Waals surface area (Å²) in [6.45, 7) is -0.112. The lowest BCUT2D eigenvalue weighted by Crippen LogP contribution is -2.36. The highest BCUT2D eigenvalue weighted by molar-refractivity contribution is 5.81. The topological polar surface area (TPSA) is 34.0 Å². The van der Waals surface area contributed by atoms with Gasteiger partial charge in [0.15, 0.2) is 0 Å². The maximum absolute atomic E-state index is 11.7. The normalized spacial score (nSPS) is 11.4. The fourth-order valence-electron chi connectivity index (χ4n) is 0.948. The van der Waals surface area contributed by atoms with Crippen LogP contribution < -0.4 is 5.32 Å². The maximum atomic E-state index is 11.7. The van der Waals surface area contributed by atoms with E-state index in [-0.39, 0.29) is 6.54 Å². The molecule has 78 valence electrons. The highest BCUT2D eigenvalue weighted by Crippen LogP contribution is 2.14. The molecule has 1 aromatic heterocycles. The average molecular weight is 206 g/mol. The zero-order chi connectivity index (χ0) is 10.8. The number of alkyl halides is 3. The van der Waals surface area contributed by atoms with Crippen molar-refractivity contribution in [2.24, 2.45) is 7.05 Å². The van der Waals surface area contributed by atoms with Crippen LogP contribution in [-0.4, -0.2) is 16.7 Å². The molecule has 0 aromatic carbocycles. The number of aromatic nitrogens is 1. The molecule has 0 bridgehead atoms. The smallest absolute Gasteiger partial charge is 0.357 e. The number of halogens is 3. The van der Waals surface area contributed by atoms with Crippen LogP contribution in [-0.2, 0) is 18.4 Å². The minimum Gasteiger partial charge on any atom is -0.357 e. The molecule has 0 aliphatic heterocycles. The third-order valence-electron chi connectivity index (χ3n) is 1.60. The van der Waals surface area contributed by atoms with E-state index in [2.05, 4.69) is 0 Å². The van der Waals surface area contributed by atoms with Crippen molar-refractivity contribution in [1.82, 2.24) is 9.88 Å². The van der Waals surface area contributed by atoms with Crippen LogP contribution in [0.25, 0.3) is 0 Å². The van der Waals surface area contributed by atoms with Crippen LogP contribution in [0.3, 0.4) is 0 Å². The molecule has 3 nitrogen and oxygen atoms in total. The molecular formula is C8H9F3N2O. The van der Waals surface area contributed by atoms with Gasteiger partial charge in [-0.3, -0.25) is 4.79 Å². The molecule has 1 heterocycles. The summed E-state index contributed by atoms with van der Waals surface area (Å²) in [5.74, 6) is -1.92. The SMILES string of the molecule is Cn1ccc(CNC(=O)C(F)(F)F)c1. The second-order valence-corrected chi connectivity index (χ2v) is 2.87. The van der Waals surface area contributed by atoms with E-state index >= 15 is 0 Å². The Morgan fingerprint density at radius 1 is 1.57 bits per heavy atom. The first-order valence-electron chi connectivity index (χ1n) is 3.85. The lowest BCUT2D eigenvalue weighted by atomic mass is 10.3. The van der Waals surface area contributed by atoms with E-state index in [0.29, 0.717) is 5.56 Å². The van der Waals surface area contributed by atoms with Crippen LogP contribution in [0.5, 0.6) is 0 Å². The van der Waals surface area contributed by atoms with Crippen molar-refractivity contribution in [1.29, 1.82) is 0 Å². The molecule has 0 radical (unpaired) electrons. The van der Waals surface area contributed by atoms with Gasteiger partial charge >= 0.3 is 12.1 Å². The summed E-state index contributed by atoms with van der Waals surface area (Å²) in [6, 6.07) is 1.64. The van der Waals surface area contributed by atoms with Crippen molar-refractivity contribution >= 4 is 5.91 Å². The first-order valence-corrected chi connectivity index (χ1v) is 3.85. The van der Waals surface area contributed by atoms with Crippen molar-refractivity contribution < 1.29 is 18.0 Å². The van der Waals surface area contributed by atoms with Crippen molar-refractivity contribution in [3.8, 4) is 0 Å². The fourth-order valence-corrected chi connectivity index (χ4v) is 0.948. The van der Waals surface area contributed by atoms with Crippen LogP contribution >= 0.6 is 0 Å². The number of amides is 1. The lowest BCUT2D eigenvalue weighted by Gasteiger charge is -2.06. The second kappa shape index (κ2) is 3.73. The Morgan fingerprint density at radius 3 is 2.64 bits per heavy atom. The molecule has 1 rings (SSSR count).